The van der Waals surface area contributed by atoms with Crippen molar-refractivity contribution in [1.82, 2.24) is 9.80 Å². The molecule has 1 saturated heterocycles. The number of hydrogen-bond donors (Lipinski definition) is 1. The zero-order chi connectivity index (χ0) is 14.7. The van der Waals surface area contributed by atoms with E-state index < -0.39 is 0 Å². The smallest absolute Gasteiger partial charge is 0.219 e. The van der Waals surface area contributed by atoms with E-state index in [1.807, 2.05) is 11.0 Å². The first-order valence-electron chi connectivity index (χ1n) is 6.86. The molecule has 0 aromatic heterocycles. The van der Waals surface area contributed by atoms with E-state index in [4.69, 9.17) is 12.2 Å². The minimum atomic E-state index is 0.137. The number of amides is 1. The molecule has 0 unspecified atom stereocenters. The minimum Gasteiger partial charge on any atom is -0.345 e. The summed E-state index contributed by atoms with van der Waals surface area (Å²) in [5, 5.41) is 4.01. The van der Waals surface area contributed by atoms with Gasteiger partial charge >= 0.3 is 0 Å². The molecule has 0 spiro atoms. The second-order valence-electron chi connectivity index (χ2n) is 5.22. The Morgan fingerprint density at radius 2 is 1.70 bits per heavy atom. The Kier molecular flexibility index (Phi) is 4.60. The van der Waals surface area contributed by atoms with Crippen LogP contribution in [-0.4, -0.2) is 47.0 Å². The number of rotatable bonds is 1. The maximum absolute atomic E-state index is 11.3. The van der Waals surface area contributed by atoms with Crippen LogP contribution < -0.4 is 5.32 Å². The van der Waals surface area contributed by atoms with Crippen molar-refractivity contribution >= 4 is 28.9 Å². The molecule has 1 aromatic carbocycles. The molecule has 5 heteroatoms. The normalized spacial score (nSPS) is 15.2. The molecule has 2 rings (SSSR count). The molecule has 0 radical (unpaired) electrons. The number of benzene rings is 1. The van der Waals surface area contributed by atoms with Gasteiger partial charge in [0.1, 0.15) is 0 Å². The highest BCUT2D eigenvalue weighted by atomic mass is 32.1. The lowest BCUT2D eigenvalue weighted by molar-refractivity contribution is -0.130. The van der Waals surface area contributed by atoms with E-state index in [1.54, 1.807) is 6.92 Å². The summed E-state index contributed by atoms with van der Waals surface area (Å²) in [6.45, 7) is 8.86. The molecule has 1 heterocycles. The van der Waals surface area contributed by atoms with E-state index in [2.05, 4.69) is 36.2 Å². The van der Waals surface area contributed by atoms with Crippen LogP contribution in [0.3, 0.4) is 0 Å². The average Bonchev–Trinajstić information content (AvgIpc) is 2.43. The largest absolute Gasteiger partial charge is 0.345 e. The van der Waals surface area contributed by atoms with Crippen molar-refractivity contribution in [2.24, 2.45) is 0 Å². The fourth-order valence-electron chi connectivity index (χ4n) is 2.25. The topological polar surface area (TPSA) is 35.6 Å². The highest BCUT2D eigenvalue weighted by Gasteiger charge is 2.20. The molecule has 4 nitrogen and oxygen atoms in total. The van der Waals surface area contributed by atoms with E-state index in [-0.39, 0.29) is 5.91 Å². The lowest BCUT2D eigenvalue weighted by atomic mass is 10.1. The standard InChI is InChI=1S/C15H21N3OS/c1-11-4-5-14(10-12(11)2)16-15(20)18-8-6-17(7-9-18)13(3)19/h4-5,10H,6-9H2,1-3H3,(H,16,20). The van der Waals surface area contributed by atoms with E-state index >= 15 is 0 Å². The summed E-state index contributed by atoms with van der Waals surface area (Å²) in [5.41, 5.74) is 3.54. The fourth-order valence-corrected chi connectivity index (χ4v) is 2.55. The van der Waals surface area contributed by atoms with Crippen LogP contribution in [0.25, 0.3) is 0 Å². The summed E-state index contributed by atoms with van der Waals surface area (Å²) in [6, 6.07) is 6.24. The second-order valence-corrected chi connectivity index (χ2v) is 5.61. The first kappa shape index (κ1) is 14.8. The van der Waals surface area contributed by atoms with Gasteiger partial charge in [-0.1, -0.05) is 6.07 Å². The Morgan fingerprint density at radius 3 is 2.25 bits per heavy atom. The van der Waals surface area contributed by atoms with Crippen molar-refractivity contribution in [3.05, 3.63) is 29.3 Å². The number of piperazine rings is 1. The number of aryl methyl sites for hydroxylation is 2. The van der Waals surface area contributed by atoms with Gasteiger partial charge in [-0.05, 0) is 49.3 Å². The van der Waals surface area contributed by atoms with Crippen molar-refractivity contribution in [3.8, 4) is 0 Å². The third-order valence-corrected chi connectivity index (χ3v) is 4.13. The van der Waals surface area contributed by atoms with Crippen LogP contribution in [-0.2, 0) is 4.79 Å². The third kappa shape index (κ3) is 3.48. The van der Waals surface area contributed by atoms with Crippen LogP contribution in [0.4, 0.5) is 5.69 Å². The van der Waals surface area contributed by atoms with Gasteiger partial charge in [0.2, 0.25) is 5.91 Å². The van der Waals surface area contributed by atoms with Crippen molar-refractivity contribution < 1.29 is 4.79 Å². The van der Waals surface area contributed by atoms with Crippen LogP contribution in [0.15, 0.2) is 18.2 Å². The first-order valence-corrected chi connectivity index (χ1v) is 7.27. The highest BCUT2D eigenvalue weighted by molar-refractivity contribution is 7.80. The minimum absolute atomic E-state index is 0.137. The van der Waals surface area contributed by atoms with Gasteiger partial charge in [-0.15, -0.1) is 0 Å². The number of hydrogen-bond acceptors (Lipinski definition) is 2. The van der Waals surface area contributed by atoms with Crippen molar-refractivity contribution in [2.75, 3.05) is 31.5 Å². The summed E-state index contributed by atoms with van der Waals surface area (Å²) in [4.78, 5) is 15.3. The predicted molar refractivity (Wildman–Crippen MR) is 86.0 cm³/mol. The molecule has 1 aromatic rings. The van der Waals surface area contributed by atoms with Crippen LogP contribution in [0.1, 0.15) is 18.1 Å². The summed E-state index contributed by atoms with van der Waals surface area (Å²) in [7, 11) is 0. The highest BCUT2D eigenvalue weighted by Crippen LogP contribution is 2.15. The van der Waals surface area contributed by atoms with E-state index in [0.717, 1.165) is 37.0 Å². The summed E-state index contributed by atoms with van der Waals surface area (Å²) in [5.74, 6) is 0.137. The molecule has 0 bridgehead atoms. The zero-order valence-electron chi connectivity index (χ0n) is 12.3. The molecule has 1 fully saturated rings. The van der Waals surface area contributed by atoms with E-state index in [1.165, 1.54) is 11.1 Å². The maximum atomic E-state index is 11.3. The molecule has 0 atom stereocenters. The average molecular weight is 291 g/mol. The van der Waals surface area contributed by atoms with Crippen LogP contribution in [0.2, 0.25) is 0 Å². The van der Waals surface area contributed by atoms with Gasteiger partial charge in [-0.25, -0.2) is 0 Å². The van der Waals surface area contributed by atoms with Crippen LogP contribution >= 0.6 is 12.2 Å². The Hall–Kier alpha value is -1.62. The Morgan fingerprint density at radius 1 is 1.10 bits per heavy atom. The maximum Gasteiger partial charge on any atom is 0.219 e. The third-order valence-electron chi connectivity index (χ3n) is 3.77. The molecule has 108 valence electrons. The zero-order valence-corrected chi connectivity index (χ0v) is 13.1. The van der Waals surface area contributed by atoms with Gasteiger partial charge in [-0.3, -0.25) is 4.79 Å². The molecule has 1 aliphatic heterocycles. The summed E-state index contributed by atoms with van der Waals surface area (Å²) in [6.07, 6.45) is 0. The number of anilines is 1. The van der Waals surface area contributed by atoms with Gasteiger partial charge in [-0.2, -0.15) is 0 Å². The Balaban J connectivity index is 1.92. The van der Waals surface area contributed by atoms with Gasteiger partial charge in [0.15, 0.2) is 5.11 Å². The fraction of sp³-hybridized carbons (Fsp3) is 0.467. The molecule has 1 aliphatic rings. The lowest BCUT2D eigenvalue weighted by Crippen LogP contribution is -2.51. The number of thiocarbonyl (C=S) groups is 1. The number of carbonyl (C=O) groups is 1. The number of nitrogens with zero attached hydrogens (tertiary/aromatic N) is 2. The number of carbonyl (C=O) groups excluding carboxylic acids is 1. The predicted octanol–water partition coefficient (Wildman–Crippen LogP) is 2.16. The van der Waals surface area contributed by atoms with Gasteiger partial charge in [0.25, 0.3) is 0 Å². The SMILES string of the molecule is CC(=O)N1CCN(C(=S)Nc2ccc(C)c(C)c2)CC1. The molecule has 1 N–H and O–H groups in total. The van der Waals surface area contributed by atoms with Crippen molar-refractivity contribution in [1.29, 1.82) is 0 Å². The lowest BCUT2D eigenvalue weighted by Gasteiger charge is -2.35. The van der Waals surface area contributed by atoms with Gasteiger partial charge < -0.3 is 15.1 Å². The van der Waals surface area contributed by atoms with Crippen molar-refractivity contribution in [2.45, 2.75) is 20.8 Å². The molecular formula is C15H21N3OS. The second kappa shape index (κ2) is 6.22. The van der Waals surface area contributed by atoms with Gasteiger partial charge in [0, 0.05) is 38.8 Å². The Bertz CT molecular complexity index is 522. The number of nitrogens with one attached hydrogen (secondary N) is 1. The van der Waals surface area contributed by atoms with Crippen LogP contribution in [0.5, 0.6) is 0 Å². The quantitative estimate of drug-likeness (QED) is 0.804. The van der Waals surface area contributed by atoms with Crippen LogP contribution in [0, 0.1) is 13.8 Å². The van der Waals surface area contributed by atoms with E-state index in [9.17, 15) is 4.79 Å². The Labute approximate surface area is 125 Å². The molecule has 0 aliphatic carbocycles. The molecule has 0 saturated carbocycles. The molecular weight excluding hydrogens is 270 g/mol. The molecule has 20 heavy (non-hydrogen) atoms. The van der Waals surface area contributed by atoms with E-state index in [0.29, 0.717) is 0 Å². The molecule has 1 amide bonds. The van der Waals surface area contributed by atoms with Crippen molar-refractivity contribution in [3.63, 3.8) is 0 Å². The summed E-state index contributed by atoms with van der Waals surface area (Å²) >= 11 is 5.45. The van der Waals surface area contributed by atoms with Gasteiger partial charge in [0.05, 0.1) is 0 Å². The summed E-state index contributed by atoms with van der Waals surface area (Å²) < 4.78 is 0. The first-order chi connectivity index (χ1) is 9.47. The monoisotopic (exact) mass is 291 g/mol.